The maximum absolute atomic E-state index is 13.9. The Labute approximate surface area is 176 Å². The summed E-state index contributed by atoms with van der Waals surface area (Å²) in [6.45, 7) is 6.63. The molecule has 1 unspecified atom stereocenters. The van der Waals surface area contributed by atoms with Crippen LogP contribution in [-0.2, 0) is 15.3 Å². The fraction of sp³-hybridized carbons (Fsp3) is 0.550. The van der Waals surface area contributed by atoms with Crippen LogP contribution in [0, 0.1) is 0 Å². The number of fused-ring (bicyclic) bond motifs is 4. The van der Waals surface area contributed by atoms with Gasteiger partial charge in [0.15, 0.2) is 0 Å². The third kappa shape index (κ3) is 3.93. The fourth-order valence-corrected chi connectivity index (χ4v) is 4.10. The van der Waals surface area contributed by atoms with E-state index < -0.39 is 22.6 Å². The minimum atomic E-state index is -3.29. The Morgan fingerprint density at radius 3 is 2.52 bits per heavy atom. The smallest absolute Gasteiger partial charge is 0.401 e. The van der Waals surface area contributed by atoms with Crippen LogP contribution in [0.4, 0.5) is 8.78 Å². The van der Waals surface area contributed by atoms with Crippen molar-refractivity contribution in [3.63, 3.8) is 0 Å². The van der Waals surface area contributed by atoms with Gasteiger partial charge in [0.25, 0.3) is 0 Å². The van der Waals surface area contributed by atoms with Crippen molar-refractivity contribution < 1.29 is 23.4 Å². The molecular formula is C20H24BrF2N3O3. The lowest BCUT2D eigenvalue weighted by Gasteiger charge is -2.45. The molecule has 1 fully saturated rings. The normalized spacial score (nSPS) is 20.1. The molecule has 2 aromatic rings. The Balaban J connectivity index is 1.65. The number of alkyl halides is 3. The molecule has 0 radical (unpaired) electrons. The van der Waals surface area contributed by atoms with Gasteiger partial charge < -0.3 is 14.6 Å². The number of ether oxygens (including phenoxy) is 2. The highest BCUT2D eigenvalue weighted by atomic mass is 79.9. The van der Waals surface area contributed by atoms with Gasteiger partial charge in [-0.2, -0.15) is 18.6 Å². The van der Waals surface area contributed by atoms with Crippen molar-refractivity contribution in [3.05, 3.63) is 36.0 Å². The van der Waals surface area contributed by atoms with Gasteiger partial charge in [-0.3, -0.25) is 4.90 Å². The van der Waals surface area contributed by atoms with Crippen molar-refractivity contribution in [1.82, 2.24) is 14.7 Å². The number of benzene rings is 1. The Hall–Kier alpha value is -1.55. The molecule has 1 saturated heterocycles. The van der Waals surface area contributed by atoms with Crippen LogP contribution < -0.4 is 4.74 Å². The molecule has 3 heterocycles. The van der Waals surface area contributed by atoms with E-state index in [9.17, 15) is 13.9 Å². The average Bonchev–Trinajstić information content (AvgIpc) is 3.08. The van der Waals surface area contributed by atoms with Gasteiger partial charge in [-0.25, -0.2) is 0 Å². The number of likely N-dealkylation sites (tertiary alicyclic amines) is 1. The molecule has 4 rings (SSSR count). The van der Waals surface area contributed by atoms with E-state index in [4.69, 9.17) is 9.47 Å². The Morgan fingerprint density at radius 2 is 1.90 bits per heavy atom. The van der Waals surface area contributed by atoms with Crippen molar-refractivity contribution in [1.29, 1.82) is 0 Å². The summed E-state index contributed by atoms with van der Waals surface area (Å²) in [5, 5.41) is 14.6. The second-order valence-corrected chi connectivity index (χ2v) is 9.44. The summed E-state index contributed by atoms with van der Waals surface area (Å²) in [6.07, 6.45) is 1.35. The van der Waals surface area contributed by atoms with Crippen LogP contribution in [0.25, 0.3) is 11.3 Å². The van der Waals surface area contributed by atoms with Crippen LogP contribution in [0.1, 0.15) is 39.2 Å². The van der Waals surface area contributed by atoms with Gasteiger partial charge >= 0.3 is 4.96 Å². The monoisotopic (exact) mass is 471 g/mol. The summed E-state index contributed by atoms with van der Waals surface area (Å²) in [7, 11) is 0. The Bertz CT molecular complexity index is 899. The quantitative estimate of drug-likeness (QED) is 0.536. The van der Waals surface area contributed by atoms with Crippen LogP contribution in [0.3, 0.4) is 0 Å². The Morgan fingerprint density at radius 1 is 1.24 bits per heavy atom. The van der Waals surface area contributed by atoms with E-state index in [0.29, 0.717) is 53.2 Å². The minimum absolute atomic E-state index is 0.482. The predicted molar refractivity (Wildman–Crippen MR) is 107 cm³/mol. The molecule has 2 aliphatic heterocycles. The fourth-order valence-electron chi connectivity index (χ4n) is 3.92. The number of hydrogen-bond acceptors (Lipinski definition) is 5. The van der Waals surface area contributed by atoms with E-state index in [-0.39, 0.29) is 0 Å². The molecule has 0 bridgehead atoms. The van der Waals surface area contributed by atoms with Gasteiger partial charge in [0.05, 0.1) is 5.60 Å². The zero-order valence-electron chi connectivity index (χ0n) is 16.5. The molecule has 158 valence electrons. The number of para-hydroxylation sites is 1. The number of aliphatic hydroxyl groups is 1. The third-order valence-corrected chi connectivity index (χ3v) is 5.65. The van der Waals surface area contributed by atoms with Gasteiger partial charge in [0, 0.05) is 59.2 Å². The van der Waals surface area contributed by atoms with Crippen molar-refractivity contribution in [2.24, 2.45) is 0 Å². The van der Waals surface area contributed by atoms with Crippen LogP contribution in [0.2, 0.25) is 0 Å². The largest absolute Gasteiger partial charge is 0.482 e. The maximum Gasteiger partial charge on any atom is 0.401 e. The van der Waals surface area contributed by atoms with Crippen LogP contribution in [-0.4, -0.2) is 44.9 Å². The molecule has 2 aliphatic rings. The number of rotatable bonds is 3. The molecule has 1 aromatic carbocycles. The number of piperidine rings is 1. The lowest BCUT2D eigenvalue weighted by atomic mass is 9.81. The van der Waals surface area contributed by atoms with E-state index in [1.54, 1.807) is 0 Å². The number of halogens is 3. The van der Waals surface area contributed by atoms with Gasteiger partial charge in [-0.1, -0.05) is 12.1 Å². The molecule has 9 heteroatoms. The van der Waals surface area contributed by atoms with Gasteiger partial charge in [-0.15, -0.1) is 0 Å². The molecule has 29 heavy (non-hydrogen) atoms. The highest BCUT2D eigenvalue weighted by Crippen LogP contribution is 2.50. The topological polar surface area (TPSA) is 59.8 Å². The first-order valence-electron chi connectivity index (χ1n) is 9.54. The minimum Gasteiger partial charge on any atom is -0.482 e. The van der Waals surface area contributed by atoms with E-state index in [0.717, 1.165) is 0 Å². The molecule has 1 N–H and O–H groups in total. The molecule has 0 aliphatic carbocycles. The van der Waals surface area contributed by atoms with Crippen molar-refractivity contribution in [2.75, 3.05) is 13.1 Å². The summed E-state index contributed by atoms with van der Waals surface area (Å²) in [5.41, 5.74) is 0.581. The number of aromatic nitrogens is 2. The van der Waals surface area contributed by atoms with Gasteiger partial charge in [-0.05, 0) is 32.9 Å². The van der Waals surface area contributed by atoms with Gasteiger partial charge in [0.2, 0.25) is 6.41 Å². The second-order valence-electron chi connectivity index (χ2n) is 8.49. The molecule has 1 aromatic heterocycles. The van der Waals surface area contributed by atoms with E-state index in [1.165, 1.54) is 6.20 Å². The standard InChI is InChI=1S/C20H24BrF2N3O3/c1-18(2,3)29-17(27)25-10-8-19(9-11-25)14-12-26(20(21,22)23)24-16(14)13-6-4-5-7-15(13)28-19/h4-7,12,17,27H,8-11H2,1-3H3. The lowest BCUT2D eigenvalue weighted by Crippen LogP contribution is -2.52. The summed E-state index contributed by atoms with van der Waals surface area (Å²) >= 11 is 2.39. The number of aliphatic hydroxyl groups excluding tert-OH is 1. The van der Waals surface area contributed by atoms with Crippen LogP contribution in [0.15, 0.2) is 30.5 Å². The maximum atomic E-state index is 13.9. The number of hydrogen-bond donors (Lipinski definition) is 1. The van der Waals surface area contributed by atoms with E-state index >= 15 is 0 Å². The highest BCUT2D eigenvalue weighted by Gasteiger charge is 2.47. The summed E-state index contributed by atoms with van der Waals surface area (Å²) in [6, 6.07) is 7.33. The average molecular weight is 472 g/mol. The lowest BCUT2D eigenvalue weighted by molar-refractivity contribution is -0.248. The third-order valence-electron chi connectivity index (χ3n) is 5.29. The van der Waals surface area contributed by atoms with Gasteiger partial charge in [0.1, 0.15) is 17.0 Å². The zero-order valence-corrected chi connectivity index (χ0v) is 18.1. The van der Waals surface area contributed by atoms with E-state index in [2.05, 4.69) is 21.0 Å². The molecular weight excluding hydrogens is 448 g/mol. The van der Waals surface area contributed by atoms with Crippen LogP contribution >= 0.6 is 15.9 Å². The molecule has 0 saturated carbocycles. The predicted octanol–water partition coefficient (Wildman–Crippen LogP) is 4.23. The van der Waals surface area contributed by atoms with Crippen LogP contribution in [0.5, 0.6) is 5.75 Å². The first-order valence-corrected chi connectivity index (χ1v) is 10.3. The highest BCUT2D eigenvalue weighted by molar-refractivity contribution is 9.09. The Kier molecular flexibility index (Phi) is 5.00. The van der Waals surface area contributed by atoms with E-state index in [1.807, 2.05) is 49.9 Å². The van der Waals surface area contributed by atoms with Crippen molar-refractivity contribution >= 4 is 15.9 Å². The molecule has 0 amide bonds. The summed E-state index contributed by atoms with van der Waals surface area (Å²) in [5.74, 6) is 0.628. The SMILES string of the molecule is CC(C)(C)OC(O)N1CCC2(CC1)Oc1ccccc1-c1nn(C(F)(F)Br)cc12. The summed E-state index contributed by atoms with van der Waals surface area (Å²) < 4.78 is 40.5. The molecule has 1 atom stereocenters. The summed E-state index contributed by atoms with van der Waals surface area (Å²) in [4.78, 5) is -1.47. The zero-order chi connectivity index (χ0) is 21.0. The molecule has 6 nitrogen and oxygen atoms in total. The van der Waals surface area contributed by atoms with Crippen molar-refractivity contribution in [3.8, 4) is 17.0 Å². The molecule has 1 spiro atoms. The second kappa shape index (κ2) is 7.01. The number of nitrogens with zero attached hydrogens (tertiary/aromatic N) is 3. The first kappa shape index (κ1) is 20.7. The van der Waals surface area contributed by atoms with Crippen molar-refractivity contribution in [2.45, 2.75) is 56.2 Å². The first-order chi connectivity index (χ1) is 13.5.